The number of nitrogens with zero attached hydrogens (tertiary/aromatic N) is 4. The van der Waals surface area contributed by atoms with Gasteiger partial charge in [0, 0.05) is 25.7 Å². The lowest BCUT2D eigenvalue weighted by molar-refractivity contribution is 0.0628. The Bertz CT molecular complexity index is 482. The van der Waals surface area contributed by atoms with Crippen LogP contribution in [0.25, 0.3) is 0 Å². The van der Waals surface area contributed by atoms with Crippen LogP contribution in [0.5, 0.6) is 0 Å². The smallest absolute Gasteiger partial charge is 0.274 e. The van der Waals surface area contributed by atoms with Crippen molar-refractivity contribution in [2.75, 3.05) is 24.5 Å². The highest BCUT2D eigenvalue weighted by Crippen LogP contribution is 2.20. The van der Waals surface area contributed by atoms with Gasteiger partial charge in [0.25, 0.3) is 5.91 Å². The average Bonchev–Trinajstić information content (AvgIpc) is 2.56. The van der Waals surface area contributed by atoms with Crippen molar-refractivity contribution >= 4 is 11.7 Å². The van der Waals surface area contributed by atoms with Crippen LogP contribution in [0.3, 0.4) is 0 Å². The molecule has 2 saturated heterocycles. The number of hydrogen-bond acceptors (Lipinski definition) is 4. The maximum Gasteiger partial charge on any atom is 0.274 e. The predicted molar refractivity (Wildman–Crippen MR) is 82.4 cm³/mol. The molecule has 0 N–H and O–H groups in total. The van der Waals surface area contributed by atoms with Crippen LogP contribution in [0, 0.1) is 0 Å². The molecule has 0 spiro atoms. The third kappa shape index (κ3) is 3.17. The van der Waals surface area contributed by atoms with Crippen molar-refractivity contribution in [3.8, 4) is 0 Å². The monoisotopic (exact) mass is 288 g/mol. The Labute approximate surface area is 126 Å². The van der Waals surface area contributed by atoms with Crippen LogP contribution in [0.4, 0.5) is 5.82 Å². The minimum absolute atomic E-state index is 0.0277. The van der Waals surface area contributed by atoms with Gasteiger partial charge in [-0.05, 0) is 57.6 Å². The van der Waals surface area contributed by atoms with Gasteiger partial charge < -0.3 is 9.80 Å². The van der Waals surface area contributed by atoms with Gasteiger partial charge in [0.15, 0.2) is 11.5 Å². The SMILES string of the molecule is CC1CCCCN1C(=O)c1ccc(N2CCCCC2)nn1. The number of amides is 1. The molecule has 2 aliphatic heterocycles. The molecular weight excluding hydrogens is 264 g/mol. The number of likely N-dealkylation sites (tertiary alicyclic amines) is 1. The quantitative estimate of drug-likeness (QED) is 0.839. The first-order valence-electron chi connectivity index (χ1n) is 8.15. The Kier molecular flexibility index (Phi) is 4.36. The van der Waals surface area contributed by atoms with E-state index in [1.807, 2.05) is 17.0 Å². The third-order valence-electron chi connectivity index (χ3n) is 4.61. The zero-order chi connectivity index (χ0) is 14.7. The second-order valence-corrected chi connectivity index (χ2v) is 6.17. The van der Waals surface area contributed by atoms with Crippen LogP contribution in [0.2, 0.25) is 0 Å². The van der Waals surface area contributed by atoms with Gasteiger partial charge in [-0.15, -0.1) is 10.2 Å². The maximum atomic E-state index is 12.5. The fraction of sp³-hybridized carbons (Fsp3) is 0.688. The molecule has 5 nitrogen and oxygen atoms in total. The van der Waals surface area contributed by atoms with E-state index in [-0.39, 0.29) is 5.91 Å². The first-order chi connectivity index (χ1) is 10.3. The van der Waals surface area contributed by atoms with Crippen molar-refractivity contribution < 1.29 is 4.79 Å². The van der Waals surface area contributed by atoms with Crippen LogP contribution in [-0.2, 0) is 0 Å². The zero-order valence-electron chi connectivity index (χ0n) is 12.8. The van der Waals surface area contributed by atoms with Crippen molar-refractivity contribution in [1.29, 1.82) is 0 Å². The lowest BCUT2D eigenvalue weighted by Gasteiger charge is -2.33. The van der Waals surface area contributed by atoms with E-state index in [2.05, 4.69) is 22.0 Å². The third-order valence-corrected chi connectivity index (χ3v) is 4.61. The first kappa shape index (κ1) is 14.3. The van der Waals surface area contributed by atoms with Gasteiger partial charge in [-0.25, -0.2) is 0 Å². The van der Waals surface area contributed by atoms with Crippen LogP contribution in [0.15, 0.2) is 12.1 Å². The van der Waals surface area contributed by atoms with E-state index < -0.39 is 0 Å². The molecule has 1 atom stereocenters. The van der Waals surface area contributed by atoms with Gasteiger partial charge in [-0.3, -0.25) is 4.79 Å². The molecule has 2 fully saturated rings. The average molecular weight is 288 g/mol. The van der Waals surface area contributed by atoms with Crippen molar-refractivity contribution in [2.24, 2.45) is 0 Å². The summed E-state index contributed by atoms with van der Waals surface area (Å²) in [7, 11) is 0. The molecule has 1 aromatic heterocycles. The highest BCUT2D eigenvalue weighted by molar-refractivity contribution is 5.92. The van der Waals surface area contributed by atoms with Gasteiger partial charge in [0.1, 0.15) is 0 Å². The molecule has 1 aromatic rings. The summed E-state index contributed by atoms with van der Waals surface area (Å²) in [5, 5.41) is 8.45. The topological polar surface area (TPSA) is 49.3 Å². The molecule has 3 rings (SSSR count). The van der Waals surface area contributed by atoms with Gasteiger partial charge in [-0.1, -0.05) is 0 Å². The zero-order valence-corrected chi connectivity index (χ0v) is 12.8. The molecule has 1 unspecified atom stereocenters. The molecule has 0 bridgehead atoms. The van der Waals surface area contributed by atoms with E-state index in [1.165, 1.54) is 25.7 Å². The normalized spacial score (nSPS) is 23.2. The Morgan fingerprint density at radius 3 is 2.48 bits per heavy atom. The molecule has 114 valence electrons. The van der Waals surface area contributed by atoms with Crippen LogP contribution >= 0.6 is 0 Å². The molecule has 0 aliphatic carbocycles. The maximum absolute atomic E-state index is 12.5. The molecule has 2 aliphatic rings. The number of aromatic nitrogens is 2. The van der Waals surface area contributed by atoms with E-state index in [0.29, 0.717) is 11.7 Å². The van der Waals surface area contributed by atoms with Crippen LogP contribution < -0.4 is 4.90 Å². The summed E-state index contributed by atoms with van der Waals surface area (Å²) in [5.74, 6) is 0.929. The summed E-state index contributed by atoms with van der Waals surface area (Å²) in [6.45, 7) is 5.05. The number of carbonyl (C=O) groups is 1. The molecule has 0 saturated carbocycles. The largest absolute Gasteiger partial charge is 0.355 e. The van der Waals surface area contributed by atoms with E-state index in [4.69, 9.17) is 0 Å². The number of carbonyl (C=O) groups excluding carboxylic acids is 1. The molecule has 0 aromatic carbocycles. The number of hydrogen-bond donors (Lipinski definition) is 0. The fourth-order valence-electron chi connectivity index (χ4n) is 3.28. The van der Waals surface area contributed by atoms with E-state index in [9.17, 15) is 4.79 Å². The molecule has 21 heavy (non-hydrogen) atoms. The molecule has 3 heterocycles. The standard InChI is InChI=1S/C16H24N4O/c1-13-7-3-6-12-20(13)16(21)14-8-9-15(18-17-14)19-10-4-2-5-11-19/h8-9,13H,2-7,10-12H2,1H3. The molecule has 0 radical (unpaired) electrons. The number of rotatable bonds is 2. The predicted octanol–water partition coefficient (Wildman–Crippen LogP) is 2.48. The summed E-state index contributed by atoms with van der Waals surface area (Å²) in [5.41, 5.74) is 0.476. The molecule has 1 amide bonds. The van der Waals surface area contributed by atoms with E-state index >= 15 is 0 Å². The van der Waals surface area contributed by atoms with Crippen molar-refractivity contribution in [3.05, 3.63) is 17.8 Å². The molecular formula is C16H24N4O. The van der Waals surface area contributed by atoms with Crippen molar-refractivity contribution in [2.45, 2.75) is 51.5 Å². The van der Waals surface area contributed by atoms with Crippen LogP contribution in [-0.4, -0.2) is 46.7 Å². The Balaban J connectivity index is 1.69. The summed E-state index contributed by atoms with van der Waals surface area (Å²) in [6, 6.07) is 4.09. The highest BCUT2D eigenvalue weighted by atomic mass is 16.2. The summed E-state index contributed by atoms with van der Waals surface area (Å²) in [4.78, 5) is 16.7. The summed E-state index contributed by atoms with van der Waals surface area (Å²) in [6.07, 6.45) is 7.12. The minimum atomic E-state index is 0.0277. The Hall–Kier alpha value is -1.65. The van der Waals surface area contributed by atoms with Gasteiger partial charge in [0.2, 0.25) is 0 Å². The fourth-order valence-corrected chi connectivity index (χ4v) is 3.28. The Morgan fingerprint density at radius 1 is 1.05 bits per heavy atom. The molecule has 5 heteroatoms. The second kappa shape index (κ2) is 6.41. The van der Waals surface area contributed by atoms with Gasteiger partial charge in [-0.2, -0.15) is 0 Å². The first-order valence-corrected chi connectivity index (χ1v) is 8.15. The highest BCUT2D eigenvalue weighted by Gasteiger charge is 2.25. The van der Waals surface area contributed by atoms with Gasteiger partial charge >= 0.3 is 0 Å². The van der Waals surface area contributed by atoms with Crippen LogP contribution in [0.1, 0.15) is 55.9 Å². The number of anilines is 1. The summed E-state index contributed by atoms with van der Waals surface area (Å²) < 4.78 is 0. The lowest BCUT2D eigenvalue weighted by Crippen LogP contribution is -2.42. The van der Waals surface area contributed by atoms with E-state index in [1.54, 1.807) is 0 Å². The second-order valence-electron chi connectivity index (χ2n) is 6.17. The lowest BCUT2D eigenvalue weighted by atomic mass is 10.0. The number of piperidine rings is 2. The minimum Gasteiger partial charge on any atom is -0.355 e. The van der Waals surface area contributed by atoms with Crippen molar-refractivity contribution in [3.63, 3.8) is 0 Å². The Morgan fingerprint density at radius 2 is 1.81 bits per heavy atom. The van der Waals surface area contributed by atoms with E-state index in [0.717, 1.165) is 38.3 Å². The van der Waals surface area contributed by atoms with Crippen molar-refractivity contribution in [1.82, 2.24) is 15.1 Å². The summed E-state index contributed by atoms with van der Waals surface area (Å²) >= 11 is 0. The van der Waals surface area contributed by atoms with Gasteiger partial charge in [0.05, 0.1) is 0 Å².